The molecule has 0 bridgehead atoms. The normalized spacial score (nSPS) is 15.9. The summed E-state index contributed by atoms with van der Waals surface area (Å²) in [7, 11) is 0. The highest BCUT2D eigenvalue weighted by molar-refractivity contribution is 6.32. The van der Waals surface area contributed by atoms with Crippen molar-refractivity contribution >= 4 is 11.6 Å². The summed E-state index contributed by atoms with van der Waals surface area (Å²) in [4.78, 5) is 0. The first-order valence-corrected chi connectivity index (χ1v) is 4.33. The third-order valence-corrected chi connectivity index (χ3v) is 2.21. The van der Waals surface area contributed by atoms with Gasteiger partial charge in [0, 0.05) is 0 Å². The molecule has 2 rings (SSSR count). The van der Waals surface area contributed by atoms with E-state index in [1.807, 2.05) is 0 Å². The zero-order valence-electron chi connectivity index (χ0n) is 7.08. The lowest BCUT2D eigenvalue weighted by Crippen LogP contribution is -1.93. The number of aliphatic hydroxyl groups excluding tert-OH is 1. The van der Waals surface area contributed by atoms with Crippen molar-refractivity contribution in [3.63, 3.8) is 0 Å². The van der Waals surface area contributed by atoms with Crippen LogP contribution in [0.4, 0.5) is 0 Å². The molecule has 13 heavy (non-hydrogen) atoms. The van der Waals surface area contributed by atoms with Gasteiger partial charge in [0.2, 0.25) is 6.79 Å². The quantitative estimate of drug-likeness (QED) is 0.755. The van der Waals surface area contributed by atoms with E-state index in [0.717, 1.165) is 5.56 Å². The van der Waals surface area contributed by atoms with Crippen molar-refractivity contribution in [3.8, 4) is 11.5 Å². The van der Waals surface area contributed by atoms with Gasteiger partial charge in [-0.15, -0.1) is 0 Å². The fourth-order valence-corrected chi connectivity index (χ4v) is 1.50. The number of ether oxygens (including phenoxy) is 2. The average Bonchev–Trinajstić information content (AvgIpc) is 2.51. The van der Waals surface area contributed by atoms with Gasteiger partial charge in [0.05, 0.1) is 11.1 Å². The molecule has 0 aromatic heterocycles. The molecule has 0 radical (unpaired) electrons. The van der Waals surface area contributed by atoms with Gasteiger partial charge >= 0.3 is 0 Å². The van der Waals surface area contributed by atoms with Gasteiger partial charge < -0.3 is 14.6 Å². The van der Waals surface area contributed by atoms with Crippen LogP contribution in [0.1, 0.15) is 18.6 Å². The Morgan fingerprint density at radius 3 is 2.92 bits per heavy atom. The minimum Gasteiger partial charge on any atom is -0.454 e. The van der Waals surface area contributed by atoms with Crippen molar-refractivity contribution in [2.24, 2.45) is 0 Å². The van der Waals surface area contributed by atoms with Crippen molar-refractivity contribution < 1.29 is 14.6 Å². The summed E-state index contributed by atoms with van der Waals surface area (Å²) in [6.45, 7) is 1.87. The van der Waals surface area contributed by atoms with Crippen LogP contribution in [-0.4, -0.2) is 11.9 Å². The van der Waals surface area contributed by atoms with Crippen molar-refractivity contribution in [1.82, 2.24) is 0 Å². The number of aliphatic hydroxyl groups is 1. The zero-order valence-corrected chi connectivity index (χ0v) is 7.84. The van der Waals surface area contributed by atoms with E-state index in [1.54, 1.807) is 19.1 Å². The van der Waals surface area contributed by atoms with Gasteiger partial charge in [-0.25, -0.2) is 0 Å². The van der Waals surface area contributed by atoms with Gasteiger partial charge in [0.25, 0.3) is 0 Å². The van der Waals surface area contributed by atoms with E-state index in [1.165, 1.54) is 0 Å². The van der Waals surface area contributed by atoms with Crippen molar-refractivity contribution in [1.29, 1.82) is 0 Å². The molecular formula is C9H9ClO3. The number of benzene rings is 1. The molecule has 0 amide bonds. The highest BCUT2D eigenvalue weighted by Crippen LogP contribution is 2.40. The number of fused-ring (bicyclic) bond motifs is 1. The Labute approximate surface area is 80.8 Å². The van der Waals surface area contributed by atoms with Gasteiger partial charge in [-0.2, -0.15) is 0 Å². The molecule has 0 unspecified atom stereocenters. The molecule has 0 saturated carbocycles. The lowest BCUT2D eigenvalue weighted by atomic mass is 10.1. The summed E-state index contributed by atoms with van der Waals surface area (Å²) in [6.07, 6.45) is -0.549. The molecule has 70 valence electrons. The maximum atomic E-state index is 9.32. The minimum absolute atomic E-state index is 0.193. The highest BCUT2D eigenvalue weighted by Gasteiger charge is 2.19. The van der Waals surface area contributed by atoms with Crippen molar-refractivity contribution in [2.45, 2.75) is 13.0 Å². The van der Waals surface area contributed by atoms with Crippen molar-refractivity contribution in [3.05, 3.63) is 22.7 Å². The second-order valence-corrected chi connectivity index (χ2v) is 3.32. The van der Waals surface area contributed by atoms with Crippen LogP contribution in [0.2, 0.25) is 5.02 Å². The summed E-state index contributed by atoms with van der Waals surface area (Å²) >= 11 is 5.90. The number of halogens is 1. The predicted octanol–water partition coefficient (Wildman–Crippen LogP) is 2.12. The zero-order chi connectivity index (χ0) is 9.42. The average molecular weight is 201 g/mol. The van der Waals surface area contributed by atoms with Crippen LogP contribution < -0.4 is 9.47 Å². The fraction of sp³-hybridized carbons (Fsp3) is 0.333. The summed E-state index contributed by atoms with van der Waals surface area (Å²) < 4.78 is 10.3. The summed E-state index contributed by atoms with van der Waals surface area (Å²) in [5.74, 6) is 1.16. The van der Waals surface area contributed by atoms with Gasteiger partial charge in [0.1, 0.15) is 0 Å². The largest absolute Gasteiger partial charge is 0.454 e. The topological polar surface area (TPSA) is 38.7 Å². The second-order valence-electron chi connectivity index (χ2n) is 2.91. The number of rotatable bonds is 1. The lowest BCUT2D eigenvalue weighted by molar-refractivity contribution is 0.173. The number of hydrogen-bond donors (Lipinski definition) is 1. The molecule has 0 spiro atoms. The smallest absolute Gasteiger partial charge is 0.231 e. The molecule has 1 atom stereocenters. The Morgan fingerprint density at radius 2 is 2.23 bits per heavy atom. The van der Waals surface area contributed by atoms with Crippen LogP contribution in [-0.2, 0) is 0 Å². The lowest BCUT2D eigenvalue weighted by Gasteiger charge is -2.06. The predicted molar refractivity (Wildman–Crippen MR) is 48.2 cm³/mol. The number of hydrogen-bond acceptors (Lipinski definition) is 3. The van der Waals surface area contributed by atoms with Crippen molar-refractivity contribution in [2.75, 3.05) is 6.79 Å². The molecule has 1 aromatic carbocycles. The van der Waals surface area contributed by atoms with E-state index < -0.39 is 6.10 Å². The van der Waals surface area contributed by atoms with Crippen LogP contribution in [0.25, 0.3) is 0 Å². The molecule has 1 N–H and O–H groups in total. The third-order valence-electron chi connectivity index (χ3n) is 1.93. The SMILES string of the molecule is C[C@H](O)c1cc(Cl)c2c(c1)OCO2. The Hall–Kier alpha value is -0.930. The maximum absolute atomic E-state index is 9.32. The van der Waals surface area contributed by atoms with Crippen LogP contribution in [0, 0.1) is 0 Å². The Balaban J connectivity index is 2.49. The molecule has 3 nitrogen and oxygen atoms in total. The Bertz CT molecular complexity index is 336. The Kier molecular flexibility index (Phi) is 2.06. The summed E-state index contributed by atoms with van der Waals surface area (Å²) in [6, 6.07) is 3.42. The molecule has 1 aliphatic heterocycles. The van der Waals surface area contributed by atoms with E-state index in [0.29, 0.717) is 16.5 Å². The monoisotopic (exact) mass is 200 g/mol. The summed E-state index contributed by atoms with van der Waals surface area (Å²) in [5.41, 5.74) is 0.731. The first kappa shape index (κ1) is 8.66. The van der Waals surface area contributed by atoms with Crippen LogP contribution >= 0.6 is 11.6 Å². The molecule has 4 heteroatoms. The maximum Gasteiger partial charge on any atom is 0.231 e. The van der Waals surface area contributed by atoms with Crippen LogP contribution in [0.5, 0.6) is 11.5 Å². The Morgan fingerprint density at radius 1 is 1.46 bits per heavy atom. The summed E-state index contributed by atoms with van der Waals surface area (Å²) in [5, 5.41) is 9.80. The highest BCUT2D eigenvalue weighted by atomic mass is 35.5. The molecule has 0 fully saturated rings. The molecule has 1 aliphatic rings. The minimum atomic E-state index is -0.549. The van der Waals surface area contributed by atoms with Gasteiger partial charge in [-0.1, -0.05) is 11.6 Å². The van der Waals surface area contributed by atoms with Gasteiger partial charge in [0.15, 0.2) is 11.5 Å². The van der Waals surface area contributed by atoms with Gasteiger partial charge in [-0.05, 0) is 24.6 Å². The molecular weight excluding hydrogens is 192 g/mol. The standard InChI is InChI=1S/C9H9ClO3/c1-5(11)6-2-7(10)9-8(3-6)12-4-13-9/h2-3,5,11H,4H2,1H3/t5-/m0/s1. The van der Waals surface area contributed by atoms with E-state index >= 15 is 0 Å². The van der Waals surface area contributed by atoms with E-state index in [4.69, 9.17) is 21.1 Å². The van der Waals surface area contributed by atoms with Crippen LogP contribution in [0.3, 0.4) is 0 Å². The first-order chi connectivity index (χ1) is 6.18. The molecule has 1 heterocycles. The third kappa shape index (κ3) is 1.45. The van der Waals surface area contributed by atoms with E-state index in [-0.39, 0.29) is 6.79 Å². The van der Waals surface area contributed by atoms with E-state index in [2.05, 4.69) is 0 Å². The molecule has 1 aromatic rings. The fourth-order valence-electron chi connectivity index (χ4n) is 1.23. The van der Waals surface area contributed by atoms with E-state index in [9.17, 15) is 5.11 Å². The molecule has 0 saturated heterocycles. The second kappa shape index (κ2) is 3.09. The van der Waals surface area contributed by atoms with Gasteiger partial charge in [-0.3, -0.25) is 0 Å². The first-order valence-electron chi connectivity index (χ1n) is 3.95. The molecule has 0 aliphatic carbocycles. The van der Waals surface area contributed by atoms with Crippen LogP contribution in [0.15, 0.2) is 12.1 Å².